The molecule has 2 N–H and O–H groups in total. The normalized spacial score (nSPS) is 13.1. The van der Waals surface area contributed by atoms with Crippen LogP contribution in [0.15, 0.2) is 73.1 Å². The zero-order valence-corrected chi connectivity index (χ0v) is 17.5. The number of para-hydroxylation sites is 1. The van der Waals surface area contributed by atoms with Gasteiger partial charge in [-0.15, -0.1) is 0 Å². The molecule has 1 aliphatic carbocycles. The summed E-state index contributed by atoms with van der Waals surface area (Å²) in [6, 6.07) is 19.0. The third-order valence-corrected chi connectivity index (χ3v) is 5.24. The van der Waals surface area contributed by atoms with E-state index in [1.165, 1.54) is 0 Å². The van der Waals surface area contributed by atoms with Gasteiger partial charge in [0, 0.05) is 30.7 Å². The molecule has 1 saturated carbocycles. The van der Waals surface area contributed by atoms with Gasteiger partial charge >= 0.3 is 0 Å². The number of anilines is 2. The minimum atomic E-state index is -0.254. The van der Waals surface area contributed by atoms with Crippen molar-refractivity contribution in [2.24, 2.45) is 0 Å². The van der Waals surface area contributed by atoms with Crippen LogP contribution in [0, 0.1) is 6.92 Å². The van der Waals surface area contributed by atoms with Crippen molar-refractivity contribution in [3.05, 3.63) is 89.7 Å². The smallest absolute Gasteiger partial charge is 0.257 e. The van der Waals surface area contributed by atoms with E-state index in [4.69, 9.17) is 0 Å². The van der Waals surface area contributed by atoms with Gasteiger partial charge in [-0.1, -0.05) is 30.3 Å². The molecule has 0 radical (unpaired) electrons. The average Bonchev–Trinajstić information content (AvgIpc) is 3.60. The minimum Gasteiger partial charge on any atom is -0.324 e. The van der Waals surface area contributed by atoms with Crippen LogP contribution in [0.5, 0.6) is 0 Å². The van der Waals surface area contributed by atoms with Crippen molar-refractivity contribution < 1.29 is 9.59 Å². The summed E-state index contributed by atoms with van der Waals surface area (Å²) in [6.45, 7) is 2.93. The topological polar surface area (TPSA) is 74.3 Å². The lowest BCUT2D eigenvalue weighted by atomic mass is 10.1. The molecule has 4 rings (SSSR count). The molecular weight excluding hydrogens is 388 g/mol. The summed E-state index contributed by atoms with van der Waals surface area (Å²) in [5.74, 6) is -0.387. The number of carbonyl (C=O) groups excluding carboxylic acids is 2. The zero-order chi connectivity index (χ0) is 21.6. The first kappa shape index (κ1) is 20.8. The summed E-state index contributed by atoms with van der Waals surface area (Å²) in [5, 5.41) is 5.84. The van der Waals surface area contributed by atoms with Crippen molar-refractivity contribution in [3.8, 4) is 0 Å². The number of nitrogens with one attached hydrogen (secondary N) is 2. The van der Waals surface area contributed by atoms with Crippen molar-refractivity contribution >= 4 is 23.2 Å². The molecule has 1 fully saturated rings. The molecule has 6 nitrogen and oxygen atoms in total. The Morgan fingerprint density at radius 3 is 2.61 bits per heavy atom. The van der Waals surface area contributed by atoms with E-state index >= 15 is 0 Å². The van der Waals surface area contributed by atoms with Gasteiger partial charge in [-0.3, -0.25) is 19.5 Å². The predicted octanol–water partition coefficient (Wildman–Crippen LogP) is 4.25. The summed E-state index contributed by atoms with van der Waals surface area (Å²) in [4.78, 5) is 32.0. The van der Waals surface area contributed by atoms with Crippen LogP contribution in [0.2, 0.25) is 0 Å². The minimum absolute atomic E-state index is 0.133. The molecule has 31 heavy (non-hydrogen) atoms. The molecule has 0 saturated heterocycles. The van der Waals surface area contributed by atoms with Crippen LogP contribution in [0.1, 0.15) is 34.3 Å². The summed E-state index contributed by atoms with van der Waals surface area (Å²) in [6.07, 6.45) is 5.78. The van der Waals surface area contributed by atoms with E-state index < -0.39 is 0 Å². The quantitative estimate of drug-likeness (QED) is 0.578. The third kappa shape index (κ3) is 5.77. The second-order valence-electron chi connectivity index (χ2n) is 7.91. The molecule has 0 aliphatic heterocycles. The van der Waals surface area contributed by atoms with Gasteiger partial charge in [0.05, 0.1) is 17.8 Å². The van der Waals surface area contributed by atoms with Crippen LogP contribution in [-0.2, 0) is 11.3 Å². The maximum absolute atomic E-state index is 12.8. The number of hydrogen-bond acceptors (Lipinski definition) is 4. The molecular formula is C25H26N4O2. The Morgan fingerprint density at radius 2 is 1.87 bits per heavy atom. The van der Waals surface area contributed by atoms with Gasteiger partial charge in [-0.05, 0) is 61.2 Å². The Kier molecular flexibility index (Phi) is 6.38. The van der Waals surface area contributed by atoms with Gasteiger partial charge in [-0.2, -0.15) is 0 Å². The summed E-state index contributed by atoms with van der Waals surface area (Å²) >= 11 is 0. The summed E-state index contributed by atoms with van der Waals surface area (Å²) in [5.41, 5.74) is 3.81. The van der Waals surface area contributed by atoms with E-state index in [9.17, 15) is 9.59 Å². The second-order valence-corrected chi connectivity index (χ2v) is 7.91. The predicted molar refractivity (Wildman–Crippen MR) is 122 cm³/mol. The van der Waals surface area contributed by atoms with E-state index in [0.717, 1.165) is 29.7 Å². The van der Waals surface area contributed by atoms with Gasteiger partial charge in [0.15, 0.2) is 0 Å². The molecule has 6 heteroatoms. The standard InChI is InChI=1S/C25H26N4O2/c1-18-6-4-8-20(14-18)27-25(31)22-9-2-3-10-23(22)28-24(30)17-29(21-11-12-21)16-19-7-5-13-26-15-19/h2-10,13-15,21H,11-12,16-17H2,1H3,(H,27,31)(H,28,30). The number of nitrogens with zero attached hydrogens (tertiary/aromatic N) is 2. The first-order valence-corrected chi connectivity index (χ1v) is 10.5. The van der Waals surface area contributed by atoms with Crippen LogP contribution in [0.4, 0.5) is 11.4 Å². The number of aryl methyl sites for hydroxylation is 1. The summed E-state index contributed by atoms with van der Waals surface area (Å²) < 4.78 is 0. The van der Waals surface area contributed by atoms with Crippen molar-refractivity contribution in [1.29, 1.82) is 0 Å². The highest BCUT2D eigenvalue weighted by atomic mass is 16.2. The molecule has 158 valence electrons. The first-order valence-electron chi connectivity index (χ1n) is 10.5. The van der Waals surface area contributed by atoms with Crippen LogP contribution >= 0.6 is 0 Å². The summed E-state index contributed by atoms with van der Waals surface area (Å²) in [7, 11) is 0. The second kappa shape index (κ2) is 9.53. The molecule has 0 bridgehead atoms. The highest BCUT2D eigenvalue weighted by Crippen LogP contribution is 2.28. The maximum atomic E-state index is 12.8. The Labute approximate surface area is 182 Å². The van der Waals surface area contributed by atoms with Gasteiger partial charge in [0.1, 0.15) is 0 Å². The van der Waals surface area contributed by atoms with Gasteiger partial charge in [-0.25, -0.2) is 0 Å². The van der Waals surface area contributed by atoms with E-state index in [1.807, 2.05) is 55.6 Å². The number of amides is 2. The lowest BCUT2D eigenvalue weighted by Gasteiger charge is -2.21. The van der Waals surface area contributed by atoms with Gasteiger partial charge in [0.25, 0.3) is 5.91 Å². The fourth-order valence-electron chi connectivity index (χ4n) is 3.57. The van der Waals surface area contributed by atoms with Crippen LogP contribution in [-0.4, -0.2) is 34.3 Å². The third-order valence-electron chi connectivity index (χ3n) is 5.24. The van der Waals surface area contributed by atoms with Crippen molar-refractivity contribution in [1.82, 2.24) is 9.88 Å². The molecule has 2 amide bonds. The average molecular weight is 415 g/mol. The van der Waals surface area contributed by atoms with Crippen molar-refractivity contribution in [2.45, 2.75) is 32.4 Å². The van der Waals surface area contributed by atoms with E-state index in [0.29, 0.717) is 23.8 Å². The maximum Gasteiger partial charge on any atom is 0.257 e. The number of carbonyl (C=O) groups is 2. The molecule has 3 aromatic rings. The Bertz CT molecular complexity index is 1060. The fourth-order valence-corrected chi connectivity index (χ4v) is 3.57. The Balaban J connectivity index is 1.42. The van der Waals surface area contributed by atoms with E-state index in [-0.39, 0.29) is 18.4 Å². The molecule has 1 aliphatic rings. The molecule has 2 aromatic carbocycles. The highest BCUT2D eigenvalue weighted by Gasteiger charge is 2.30. The molecule has 0 spiro atoms. The number of rotatable bonds is 8. The molecule has 1 aromatic heterocycles. The SMILES string of the molecule is Cc1cccc(NC(=O)c2ccccc2NC(=O)CN(Cc2cccnc2)C2CC2)c1. The van der Waals surface area contributed by atoms with Crippen LogP contribution in [0.25, 0.3) is 0 Å². The van der Waals surface area contributed by atoms with E-state index in [1.54, 1.807) is 24.4 Å². The number of aromatic nitrogens is 1. The van der Waals surface area contributed by atoms with E-state index in [2.05, 4.69) is 20.5 Å². The zero-order valence-electron chi connectivity index (χ0n) is 17.5. The monoisotopic (exact) mass is 414 g/mol. The van der Waals surface area contributed by atoms with Gasteiger partial charge in [0.2, 0.25) is 5.91 Å². The van der Waals surface area contributed by atoms with Gasteiger partial charge < -0.3 is 10.6 Å². The fraction of sp³-hybridized carbons (Fsp3) is 0.240. The number of pyridine rings is 1. The lowest BCUT2D eigenvalue weighted by molar-refractivity contribution is -0.117. The molecule has 0 atom stereocenters. The Hall–Kier alpha value is -3.51. The lowest BCUT2D eigenvalue weighted by Crippen LogP contribution is -2.35. The number of benzene rings is 2. The van der Waals surface area contributed by atoms with Crippen LogP contribution < -0.4 is 10.6 Å². The molecule has 0 unspecified atom stereocenters. The Morgan fingerprint density at radius 1 is 1.03 bits per heavy atom. The highest BCUT2D eigenvalue weighted by molar-refractivity contribution is 6.10. The van der Waals surface area contributed by atoms with Crippen molar-refractivity contribution in [3.63, 3.8) is 0 Å². The first-order chi connectivity index (χ1) is 15.1. The van der Waals surface area contributed by atoms with Crippen LogP contribution in [0.3, 0.4) is 0 Å². The molecule has 1 heterocycles. The largest absolute Gasteiger partial charge is 0.324 e. The van der Waals surface area contributed by atoms with Crippen molar-refractivity contribution in [2.75, 3.05) is 17.2 Å². The number of hydrogen-bond donors (Lipinski definition) is 2.